The number of carbonyl (C=O) groups excluding carboxylic acids is 2. The van der Waals surface area contributed by atoms with Crippen LogP contribution in [-0.2, 0) is 32.1 Å². The average molecular weight is 609 g/mol. The number of fused-ring (bicyclic) bond motifs is 2. The second kappa shape index (κ2) is 13.6. The van der Waals surface area contributed by atoms with Gasteiger partial charge in [-0.2, -0.15) is 10.1 Å². The molecule has 2 saturated heterocycles. The first kappa shape index (κ1) is 31.1. The molecule has 2 heterocycles. The summed E-state index contributed by atoms with van der Waals surface area (Å²) in [5, 5.41) is 23.9. The first-order valence-corrected chi connectivity index (χ1v) is 16.0. The quantitative estimate of drug-likeness (QED) is 0.290. The van der Waals surface area contributed by atoms with Crippen LogP contribution in [0.3, 0.4) is 0 Å². The Morgan fingerprint density at radius 3 is 1.41 bits per heavy atom. The highest BCUT2D eigenvalue weighted by Crippen LogP contribution is 2.45. The summed E-state index contributed by atoms with van der Waals surface area (Å²) in [6.07, 6.45) is 3.72. The zero-order valence-electron chi connectivity index (χ0n) is 25.7. The van der Waals surface area contributed by atoms with Gasteiger partial charge in [0.1, 0.15) is 11.5 Å². The van der Waals surface area contributed by atoms with Crippen LogP contribution in [0.2, 0.25) is 0 Å². The van der Waals surface area contributed by atoms with Gasteiger partial charge in [0.25, 0.3) is 11.6 Å². The minimum absolute atomic E-state index is 0.449. The van der Waals surface area contributed by atoms with Gasteiger partial charge in [-0.15, -0.1) is 0 Å². The van der Waals surface area contributed by atoms with Crippen LogP contribution >= 0.6 is 0 Å². The number of methoxy groups -OCH3 is 2. The summed E-state index contributed by atoms with van der Waals surface area (Å²) in [5.41, 5.74) is 5.46. The van der Waals surface area contributed by atoms with Gasteiger partial charge in [0.2, 0.25) is 12.6 Å². The minimum atomic E-state index is -1.99. The largest absolute Gasteiger partial charge is 0.497 e. The summed E-state index contributed by atoms with van der Waals surface area (Å²) in [5.74, 6) is 1.12. The molecule has 2 aromatic carbocycles. The normalized spacial score (nSPS) is 24.5. The molecule has 2 aromatic rings. The Balaban J connectivity index is 0.935. The Kier molecular flexibility index (Phi) is 9.65. The number of Topliss-reactive ketones (excluding diaryl/α,β-unsaturated/α-hetero) is 2. The van der Waals surface area contributed by atoms with Gasteiger partial charge in [-0.1, -0.05) is 12.1 Å². The lowest BCUT2D eigenvalue weighted by Crippen LogP contribution is -2.46. The Hall–Kier alpha value is -2.86. The van der Waals surface area contributed by atoms with Crippen LogP contribution in [0.5, 0.6) is 11.5 Å². The lowest BCUT2D eigenvalue weighted by atomic mass is 9.81. The fourth-order valence-electron chi connectivity index (χ4n) is 7.85. The van der Waals surface area contributed by atoms with Crippen molar-refractivity contribution in [3.63, 3.8) is 0 Å². The molecule has 4 unspecified atom stereocenters. The molecule has 6 rings (SSSR count). The van der Waals surface area contributed by atoms with Crippen molar-refractivity contribution in [1.82, 2.24) is 10.1 Å². The maximum absolute atomic E-state index is 12.6. The van der Waals surface area contributed by atoms with Crippen molar-refractivity contribution in [2.45, 2.75) is 75.8 Å². The molecule has 0 radical (unpaired) electrons. The molecule has 10 nitrogen and oxygen atoms in total. The van der Waals surface area contributed by atoms with E-state index in [0.29, 0.717) is 49.9 Å². The predicted octanol–water partition coefficient (Wildman–Crippen LogP) is 3.53. The Bertz CT molecular complexity index is 1230. The van der Waals surface area contributed by atoms with Crippen molar-refractivity contribution in [3.8, 4) is 11.5 Å². The second-order valence-corrected chi connectivity index (χ2v) is 12.6. The van der Waals surface area contributed by atoms with E-state index >= 15 is 0 Å². The highest BCUT2D eigenvalue weighted by atomic mass is 16.8. The van der Waals surface area contributed by atoms with Crippen LogP contribution in [0, 0.1) is 11.8 Å². The smallest absolute Gasteiger partial charge is 0.261 e. The number of hydrogen-bond donors (Lipinski definition) is 2. The lowest BCUT2D eigenvalue weighted by Gasteiger charge is -2.35. The van der Waals surface area contributed by atoms with Crippen molar-refractivity contribution in [2.24, 2.45) is 11.8 Å². The van der Waals surface area contributed by atoms with Gasteiger partial charge in [0.15, 0.2) is 0 Å². The highest BCUT2D eigenvalue weighted by molar-refractivity contribution is 6.39. The molecule has 0 bridgehead atoms. The van der Waals surface area contributed by atoms with Gasteiger partial charge >= 0.3 is 0 Å². The van der Waals surface area contributed by atoms with E-state index in [1.54, 1.807) is 24.3 Å². The number of rotatable bonds is 11. The van der Waals surface area contributed by atoms with E-state index in [-0.39, 0.29) is 0 Å². The number of ketones is 2. The number of ether oxygens (including phenoxy) is 2. The van der Waals surface area contributed by atoms with Crippen LogP contribution < -0.4 is 9.47 Å². The molecule has 2 aliphatic carbocycles. The number of aliphatic hydroxyl groups excluding tert-OH is 2. The summed E-state index contributed by atoms with van der Waals surface area (Å²) in [6.45, 7) is 2.13. The molecule has 44 heavy (non-hydrogen) atoms. The van der Waals surface area contributed by atoms with E-state index in [1.807, 2.05) is 12.1 Å². The Labute approximate surface area is 258 Å². The van der Waals surface area contributed by atoms with Crippen molar-refractivity contribution in [3.05, 3.63) is 58.7 Å². The average Bonchev–Trinajstić information content (AvgIpc) is 3.68. The first-order valence-electron chi connectivity index (χ1n) is 16.0. The molecular weight excluding hydrogens is 564 g/mol. The van der Waals surface area contributed by atoms with Gasteiger partial charge in [-0.3, -0.25) is 19.3 Å². The number of nitrogens with zero attached hydrogens (tertiary/aromatic N) is 2. The van der Waals surface area contributed by atoms with E-state index in [1.165, 1.54) is 22.3 Å². The van der Waals surface area contributed by atoms with Crippen molar-refractivity contribution < 1.29 is 39.0 Å². The van der Waals surface area contributed by atoms with Crippen LogP contribution in [0.1, 0.15) is 72.6 Å². The number of benzene rings is 2. The molecule has 0 saturated carbocycles. The second-order valence-electron chi connectivity index (χ2n) is 12.6. The number of aryl methyl sites for hydroxylation is 2. The third-order valence-electron chi connectivity index (χ3n) is 10.3. The zero-order valence-corrected chi connectivity index (χ0v) is 25.7. The standard InChI is InChI=1S/C34H44N2O8/c1-41-25-7-3-21-5-9-27(29(21)19-25)23-11-15-35(16-12-23)43-33(39)31(37)32(38)34(40)44-36-17-13-24(14-18-36)28-10-6-22-4-8-26(42-2)20-30(22)28/h3-4,7-8,19-20,23-24,27-28,33-34,39-40H,5-6,9-18H2,1-2H3. The van der Waals surface area contributed by atoms with E-state index in [2.05, 4.69) is 24.3 Å². The number of piperidine rings is 2. The van der Waals surface area contributed by atoms with Crippen molar-refractivity contribution in [2.75, 3.05) is 40.4 Å². The SMILES string of the molecule is COc1ccc2c(c1)C(C1CCN(OC(O)C(=O)C(=O)C(O)ON3CCC(C4CCc5ccc(OC)cc54)CC3)CC1)CC2. The topological polar surface area (TPSA) is 118 Å². The van der Waals surface area contributed by atoms with Gasteiger partial charge < -0.3 is 19.7 Å². The molecule has 0 spiro atoms. The molecule has 0 aromatic heterocycles. The summed E-state index contributed by atoms with van der Waals surface area (Å²) in [4.78, 5) is 36.2. The summed E-state index contributed by atoms with van der Waals surface area (Å²) in [6, 6.07) is 12.6. The monoisotopic (exact) mass is 608 g/mol. The molecule has 0 amide bonds. The minimum Gasteiger partial charge on any atom is -0.497 e. The van der Waals surface area contributed by atoms with E-state index in [0.717, 1.165) is 62.9 Å². The van der Waals surface area contributed by atoms with Crippen LogP contribution in [0.15, 0.2) is 36.4 Å². The van der Waals surface area contributed by atoms with Crippen LogP contribution in [-0.4, -0.2) is 84.9 Å². The lowest BCUT2D eigenvalue weighted by molar-refractivity contribution is -0.272. The third-order valence-corrected chi connectivity index (χ3v) is 10.3. The summed E-state index contributed by atoms with van der Waals surface area (Å²) < 4.78 is 10.9. The maximum atomic E-state index is 12.6. The first-order chi connectivity index (χ1) is 21.3. The van der Waals surface area contributed by atoms with Crippen LogP contribution in [0.4, 0.5) is 0 Å². The Morgan fingerprint density at radius 2 is 1.05 bits per heavy atom. The summed E-state index contributed by atoms with van der Waals surface area (Å²) in [7, 11) is 3.36. The van der Waals surface area contributed by atoms with Gasteiger partial charge in [-0.25, -0.2) is 0 Å². The van der Waals surface area contributed by atoms with E-state index in [4.69, 9.17) is 19.1 Å². The molecule has 2 fully saturated rings. The maximum Gasteiger partial charge on any atom is 0.261 e. The van der Waals surface area contributed by atoms with E-state index in [9.17, 15) is 19.8 Å². The third kappa shape index (κ3) is 6.56. The predicted molar refractivity (Wildman–Crippen MR) is 161 cm³/mol. The molecule has 4 aliphatic rings. The number of aliphatic hydroxyl groups is 2. The fraction of sp³-hybridized carbons (Fsp3) is 0.588. The van der Waals surface area contributed by atoms with Gasteiger partial charge in [-0.05, 0) is 122 Å². The highest BCUT2D eigenvalue weighted by Gasteiger charge is 2.38. The van der Waals surface area contributed by atoms with Crippen molar-refractivity contribution in [1.29, 1.82) is 0 Å². The van der Waals surface area contributed by atoms with Crippen LogP contribution in [0.25, 0.3) is 0 Å². The fourth-order valence-corrected chi connectivity index (χ4v) is 7.85. The van der Waals surface area contributed by atoms with Gasteiger partial charge in [0.05, 0.1) is 14.2 Å². The molecule has 2 aliphatic heterocycles. The summed E-state index contributed by atoms with van der Waals surface area (Å²) >= 11 is 0. The molecule has 2 N–H and O–H groups in total. The van der Waals surface area contributed by atoms with E-state index < -0.39 is 24.1 Å². The number of hydrogen-bond acceptors (Lipinski definition) is 10. The Morgan fingerprint density at radius 1 is 0.659 bits per heavy atom. The van der Waals surface area contributed by atoms with Crippen molar-refractivity contribution >= 4 is 11.6 Å². The molecular formula is C34H44N2O8. The zero-order chi connectivity index (χ0) is 30.8. The molecule has 238 valence electrons. The number of hydroxylamine groups is 4. The molecule has 4 atom stereocenters. The van der Waals surface area contributed by atoms with Gasteiger partial charge in [0, 0.05) is 26.2 Å². The number of carbonyl (C=O) groups is 2. The molecule has 10 heteroatoms.